The molecule has 6 nitrogen and oxygen atoms in total. The zero-order valence-electron chi connectivity index (χ0n) is 16.7. The molecule has 0 radical (unpaired) electrons. The van der Waals surface area contributed by atoms with E-state index < -0.39 is 17.0 Å². The van der Waals surface area contributed by atoms with Gasteiger partial charge >= 0.3 is 5.69 Å². The van der Waals surface area contributed by atoms with Crippen LogP contribution in [0.1, 0.15) is 34.6 Å². The molecule has 0 aliphatic carbocycles. The fourth-order valence-corrected chi connectivity index (χ4v) is 4.07. The van der Waals surface area contributed by atoms with E-state index in [-0.39, 0.29) is 18.1 Å². The van der Waals surface area contributed by atoms with Gasteiger partial charge in [-0.25, -0.2) is 4.79 Å². The number of benzene rings is 1. The van der Waals surface area contributed by atoms with Crippen molar-refractivity contribution in [3.63, 3.8) is 0 Å². The van der Waals surface area contributed by atoms with E-state index in [1.165, 1.54) is 22.4 Å². The first kappa shape index (κ1) is 21.7. The maximum absolute atomic E-state index is 12.4. The highest BCUT2D eigenvalue weighted by atomic mass is 32.2. The first-order valence-corrected chi connectivity index (χ1v) is 10.5. The number of nitrogens with one attached hydrogen (secondary N) is 1. The maximum Gasteiger partial charge on any atom is 0.331 e. The Morgan fingerprint density at radius 2 is 1.81 bits per heavy atom. The van der Waals surface area contributed by atoms with Gasteiger partial charge in [0.1, 0.15) is 17.2 Å². The molecule has 2 unspecified atom stereocenters. The quantitative estimate of drug-likeness (QED) is 0.433. The molecule has 27 heavy (non-hydrogen) atoms. The van der Waals surface area contributed by atoms with Crippen molar-refractivity contribution in [1.82, 2.24) is 9.55 Å². The summed E-state index contributed by atoms with van der Waals surface area (Å²) in [6.45, 7) is 10.3. The SMILES string of the molecule is CC(C(C)(C)C)C(C)(O[SiH3])OCn1c(Sc2ccccc2)cc(=O)[nH]c1=O. The summed E-state index contributed by atoms with van der Waals surface area (Å²) in [5.74, 6) is -0.736. The van der Waals surface area contributed by atoms with Crippen LogP contribution >= 0.6 is 11.8 Å². The minimum Gasteiger partial charge on any atom is -0.401 e. The van der Waals surface area contributed by atoms with Crippen molar-refractivity contribution in [2.24, 2.45) is 11.3 Å². The van der Waals surface area contributed by atoms with Crippen molar-refractivity contribution in [2.45, 2.75) is 57.1 Å². The first-order chi connectivity index (χ1) is 12.6. The van der Waals surface area contributed by atoms with Crippen LogP contribution in [-0.4, -0.2) is 25.8 Å². The second-order valence-electron chi connectivity index (χ2n) is 7.70. The molecule has 0 saturated carbocycles. The Labute approximate surface area is 166 Å². The average Bonchev–Trinajstić information content (AvgIpc) is 2.60. The fraction of sp³-hybridized carbons (Fsp3) is 0.474. The van der Waals surface area contributed by atoms with E-state index >= 15 is 0 Å². The predicted octanol–water partition coefficient (Wildman–Crippen LogP) is 2.36. The van der Waals surface area contributed by atoms with E-state index in [4.69, 9.17) is 9.16 Å². The number of H-pyrrole nitrogens is 1. The van der Waals surface area contributed by atoms with Gasteiger partial charge in [-0.2, -0.15) is 0 Å². The molecule has 2 aromatic rings. The molecule has 1 heterocycles. The summed E-state index contributed by atoms with van der Waals surface area (Å²) < 4.78 is 13.3. The Hall–Kier alpha value is -1.61. The summed E-state index contributed by atoms with van der Waals surface area (Å²) in [4.78, 5) is 27.5. The Kier molecular flexibility index (Phi) is 6.91. The lowest BCUT2D eigenvalue weighted by Crippen LogP contribution is -2.46. The van der Waals surface area contributed by atoms with Crippen LogP contribution in [0.4, 0.5) is 0 Å². The zero-order valence-corrected chi connectivity index (χ0v) is 19.6. The molecule has 0 fully saturated rings. The van der Waals surface area contributed by atoms with Crippen molar-refractivity contribution in [1.29, 1.82) is 0 Å². The topological polar surface area (TPSA) is 73.3 Å². The van der Waals surface area contributed by atoms with E-state index in [2.05, 4.69) is 32.7 Å². The summed E-state index contributed by atoms with van der Waals surface area (Å²) in [6.07, 6.45) is 0. The molecule has 1 aromatic carbocycles. The standard InChI is InChI=1S/C19H28N2O4SSi/c1-13(18(2,3)4)19(5,25-27)24-12-21-16(11-15(22)20-17(21)23)26-14-9-7-6-8-10-14/h6-11,13H,12H2,1-5,27H3,(H,20,22,23). The summed E-state index contributed by atoms with van der Waals surface area (Å²) in [5.41, 5.74) is -0.962. The van der Waals surface area contributed by atoms with Crippen LogP contribution in [0.25, 0.3) is 0 Å². The van der Waals surface area contributed by atoms with Gasteiger partial charge in [0.15, 0.2) is 5.79 Å². The van der Waals surface area contributed by atoms with E-state index in [1.807, 2.05) is 37.3 Å². The predicted molar refractivity (Wildman–Crippen MR) is 111 cm³/mol. The lowest BCUT2D eigenvalue weighted by molar-refractivity contribution is -0.238. The summed E-state index contributed by atoms with van der Waals surface area (Å²) in [5, 5.41) is 0.522. The second-order valence-corrected chi connectivity index (χ2v) is 9.20. The van der Waals surface area contributed by atoms with Gasteiger partial charge in [0, 0.05) is 16.9 Å². The number of hydrogen-bond acceptors (Lipinski definition) is 5. The average molecular weight is 409 g/mol. The van der Waals surface area contributed by atoms with Crippen molar-refractivity contribution in [3.8, 4) is 0 Å². The normalized spacial score (nSPS) is 15.4. The fourth-order valence-electron chi connectivity index (χ4n) is 2.66. The van der Waals surface area contributed by atoms with E-state index in [0.717, 1.165) is 4.90 Å². The van der Waals surface area contributed by atoms with Gasteiger partial charge in [0.05, 0.1) is 5.03 Å². The Morgan fingerprint density at radius 1 is 1.19 bits per heavy atom. The number of rotatable bonds is 7. The smallest absolute Gasteiger partial charge is 0.331 e. The molecule has 0 saturated heterocycles. The molecule has 0 amide bonds. The third-order valence-electron chi connectivity index (χ3n) is 4.93. The highest BCUT2D eigenvalue weighted by Gasteiger charge is 2.39. The zero-order chi connectivity index (χ0) is 20.2. The van der Waals surface area contributed by atoms with Crippen LogP contribution in [0, 0.1) is 11.3 Å². The van der Waals surface area contributed by atoms with Gasteiger partial charge in [0.2, 0.25) is 0 Å². The van der Waals surface area contributed by atoms with Gasteiger partial charge in [-0.3, -0.25) is 14.3 Å². The van der Waals surface area contributed by atoms with Gasteiger partial charge in [-0.05, 0) is 24.5 Å². The minimum atomic E-state index is -0.825. The van der Waals surface area contributed by atoms with Crippen molar-refractivity contribution >= 4 is 22.2 Å². The van der Waals surface area contributed by atoms with Crippen molar-refractivity contribution in [2.75, 3.05) is 0 Å². The van der Waals surface area contributed by atoms with Crippen LogP contribution in [0.15, 0.2) is 55.9 Å². The highest BCUT2D eigenvalue weighted by molar-refractivity contribution is 7.99. The van der Waals surface area contributed by atoms with Crippen LogP contribution in [-0.2, 0) is 15.9 Å². The lowest BCUT2D eigenvalue weighted by atomic mass is 9.77. The molecular weight excluding hydrogens is 380 g/mol. The van der Waals surface area contributed by atoms with Gasteiger partial charge in [-0.1, -0.05) is 57.7 Å². The lowest BCUT2D eigenvalue weighted by Gasteiger charge is -2.42. The number of aromatic amines is 1. The van der Waals surface area contributed by atoms with E-state index in [1.54, 1.807) is 0 Å². The molecule has 8 heteroatoms. The van der Waals surface area contributed by atoms with Crippen molar-refractivity contribution in [3.05, 3.63) is 57.2 Å². The Morgan fingerprint density at radius 3 is 2.37 bits per heavy atom. The molecule has 2 rings (SSSR count). The van der Waals surface area contributed by atoms with Crippen LogP contribution in [0.5, 0.6) is 0 Å². The molecule has 148 valence electrons. The monoisotopic (exact) mass is 408 g/mol. The highest BCUT2D eigenvalue weighted by Crippen LogP contribution is 2.37. The molecule has 0 bridgehead atoms. The van der Waals surface area contributed by atoms with Gasteiger partial charge in [0.25, 0.3) is 5.56 Å². The molecular formula is C19H28N2O4SSi. The second kappa shape index (κ2) is 8.60. The Bertz CT molecular complexity index is 876. The maximum atomic E-state index is 12.4. The molecule has 2 atom stereocenters. The van der Waals surface area contributed by atoms with Crippen LogP contribution < -0.4 is 11.2 Å². The third-order valence-corrected chi connectivity index (χ3v) is 6.80. The number of ether oxygens (including phenoxy) is 1. The van der Waals surface area contributed by atoms with E-state index in [9.17, 15) is 9.59 Å². The molecule has 1 aromatic heterocycles. The minimum absolute atomic E-state index is 0.00998. The van der Waals surface area contributed by atoms with Crippen LogP contribution in [0.2, 0.25) is 0 Å². The van der Waals surface area contributed by atoms with E-state index in [0.29, 0.717) is 15.5 Å². The summed E-state index contributed by atoms with van der Waals surface area (Å²) in [7, 11) is 0.505. The first-order valence-electron chi connectivity index (χ1n) is 8.83. The molecule has 0 aliphatic rings. The largest absolute Gasteiger partial charge is 0.401 e. The summed E-state index contributed by atoms with van der Waals surface area (Å²) >= 11 is 1.35. The number of nitrogens with zero attached hydrogens (tertiary/aromatic N) is 1. The molecule has 0 aliphatic heterocycles. The van der Waals surface area contributed by atoms with Gasteiger partial charge < -0.3 is 9.16 Å². The molecule has 1 N–H and O–H groups in total. The third kappa shape index (κ3) is 5.44. The number of hydrogen-bond donors (Lipinski definition) is 1. The summed E-state index contributed by atoms with van der Waals surface area (Å²) in [6, 6.07) is 11.0. The van der Waals surface area contributed by atoms with Gasteiger partial charge in [-0.15, -0.1) is 0 Å². The number of aromatic nitrogens is 2. The van der Waals surface area contributed by atoms with Crippen molar-refractivity contribution < 1.29 is 9.16 Å². The molecule has 0 spiro atoms. The Balaban J connectivity index is 2.32. The van der Waals surface area contributed by atoms with Crippen LogP contribution in [0.3, 0.4) is 0 Å².